The van der Waals surface area contributed by atoms with Gasteiger partial charge in [-0.25, -0.2) is 9.89 Å². The molecule has 0 aromatic carbocycles. The molecular formula is C11H18N8OS. The highest BCUT2D eigenvalue weighted by atomic mass is 32.2. The van der Waals surface area contributed by atoms with E-state index < -0.39 is 0 Å². The summed E-state index contributed by atoms with van der Waals surface area (Å²) in [6.07, 6.45) is 0. The van der Waals surface area contributed by atoms with E-state index >= 15 is 0 Å². The van der Waals surface area contributed by atoms with Crippen LogP contribution in [0.1, 0.15) is 19.9 Å². The van der Waals surface area contributed by atoms with Crippen LogP contribution in [-0.2, 0) is 0 Å². The van der Waals surface area contributed by atoms with Gasteiger partial charge in [-0.3, -0.25) is 4.57 Å². The van der Waals surface area contributed by atoms with Crippen LogP contribution in [0.15, 0.2) is 15.1 Å². The highest BCUT2D eigenvalue weighted by Crippen LogP contribution is 2.25. The normalized spacial score (nSPS) is 11.0. The molecule has 0 atom stereocenters. The molecule has 0 amide bonds. The average molecular weight is 310 g/mol. The molecule has 0 saturated heterocycles. The highest BCUT2D eigenvalue weighted by Gasteiger charge is 2.16. The molecule has 0 aliphatic carbocycles. The zero-order chi connectivity index (χ0) is 15.6. The molecule has 0 fully saturated rings. The Morgan fingerprint density at radius 1 is 1.29 bits per heavy atom. The van der Waals surface area contributed by atoms with Crippen LogP contribution in [0.25, 0.3) is 0 Å². The second-order valence-corrected chi connectivity index (χ2v) is 5.70. The number of rotatable bonds is 5. The fourth-order valence-corrected chi connectivity index (χ4v) is 2.51. The highest BCUT2D eigenvalue weighted by molar-refractivity contribution is 7.99. The topological polar surface area (TPSA) is 105 Å². The van der Waals surface area contributed by atoms with Crippen LogP contribution in [0.5, 0.6) is 0 Å². The van der Waals surface area contributed by atoms with E-state index in [1.165, 1.54) is 11.8 Å². The summed E-state index contributed by atoms with van der Waals surface area (Å²) in [5.41, 5.74) is -0.247. The molecule has 114 valence electrons. The van der Waals surface area contributed by atoms with Crippen molar-refractivity contribution >= 4 is 23.7 Å². The summed E-state index contributed by atoms with van der Waals surface area (Å²) >= 11 is 1.22. The Balaban J connectivity index is 2.40. The molecular weight excluding hydrogens is 292 g/mol. The molecule has 0 bridgehead atoms. The lowest BCUT2D eigenvalue weighted by molar-refractivity contribution is 0.533. The van der Waals surface area contributed by atoms with E-state index in [1.54, 1.807) is 16.5 Å². The number of anilines is 2. The molecule has 2 aromatic rings. The van der Waals surface area contributed by atoms with E-state index in [-0.39, 0.29) is 11.7 Å². The number of nitrogens with zero attached hydrogens (tertiary/aromatic N) is 6. The van der Waals surface area contributed by atoms with Gasteiger partial charge in [-0.15, -0.1) is 5.10 Å². The summed E-state index contributed by atoms with van der Waals surface area (Å²) in [6.45, 7) is 3.83. The predicted molar refractivity (Wildman–Crippen MR) is 81.1 cm³/mol. The molecule has 0 unspecified atom stereocenters. The van der Waals surface area contributed by atoms with Gasteiger partial charge >= 0.3 is 5.69 Å². The summed E-state index contributed by atoms with van der Waals surface area (Å²) < 4.78 is 1.56. The Labute approximate surface area is 126 Å². The number of aromatic nitrogens is 6. The van der Waals surface area contributed by atoms with E-state index in [0.717, 1.165) is 0 Å². The molecule has 21 heavy (non-hydrogen) atoms. The van der Waals surface area contributed by atoms with Gasteiger partial charge in [0.1, 0.15) is 0 Å². The summed E-state index contributed by atoms with van der Waals surface area (Å²) in [4.78, 5) is 26.4. The molecule has 0 aliphatic heterocycles. The number of nitrogens with one attached hydrogen (secondary N) is 2. The van der Waals surface area contributed by atoms with Gasteiger partial charge in [-0.05, 0) is 25.6 Å². The van der Waals surface area contributed by atoms with Crippen molar-refractivity contribution in [3.63, 3.8) is 0 Å². The molecule has 9 nitrogen and oxygen atoms in total. The first kappa shape index (κ1) is 15.3. The maximum atomic E-state index is 11.7. The van der Waals surface area contributed by atoms with Crippen molar-refractivity contribution in [3.05, 3.63) is 10.5 Å². The number of hydrogen-bond acceptors (Lipinski definition) is 8. The number of hydrogen-bond donors (Lipinski definition) is 2. The van der Waals surface area contributed by atoms with E-state index in [0.29, 0.717) is 22.2 Å². The zero-order valence-electron chi connectivity index (χ0n) is 12.6. The minimum absolute atomic E-state index is 0.00215. The van der Waals surface area contributed by atoms with E-state index in [9.17, 15) is 4.79 Å². The second-order valence-electron chi connectivity index (χ2n) is 4.76. The Kier molecular flexibility index (Phi) is 4.46. The van der Waals surface area contributed by atoms with Gasteiger partial charge in [0.05, 0.1) is 0 Å². The van der Waals surface area contributed by atoms with Gasteiger partial charge in [-0.2, -0.15) is 15.0 Å². The van der Waals surface area contributed by atoms with Gasteiger partial charge in [0.2, 0.25) is 17.1 Å². The lowest BCUT2D eigenvalue weighted by atomic mass is 10.4. The van der Waals surface area contributed by atoms with Crippen LogP contribution in [0.3, 0.4) is 0 Å². The SMILES string of the molecule is CNc1nc(Sc2n[nH]c(=O)n2C(C)C)nc(N(C)C)n1. The molecule has 2 N–H and O–H groups in total. The summed E-state index contributed by atoms with van der Waals surface area (Å²) in [5.74, 6) is 0.996. The van der Waals surface area contributed by atoms with E-state index in [1.807, 2.05) is 27.9 Å². The van der Waals surface area contributed by atoms with Gasteiger partial charge in [0.25, 0.3) is 0 Å². The fraction of sp³-hybridized carbons (Fsp3) is 0.545. The maximum Gasteiger partial charge on any atom is 0.344 e. The van der Waals surface area contributed by atoms with Gasteiger partial charge in [0, 0.05) is 27.2 Å². The third-order valence-corrected chi connectivity index (χ3v) is 3.43. The Bertz CT molecular complexity index is 677. The zero-order valence-corrected chi connectivity index (χ0v) is 13.4. The average Bonchev–Trinajstić information content (AvgIpc) is 2.79. The van der Waals surface area contributed by atoms with Gasteiger partial charge < -0.3 is 10.2 Å². The van der Waals surface area contributed by atoms with Crippen LogP contribution >= 0.6 is 11.8 Å². The molecule has 2 rings (SSSR count). The van der Waals surface area contributed by atoms with Crippen molar-refractivity contribution in [2.45, 2.75) is 30.2 Å². The summed E-state index contributed by atoms with van der Waals surface area (Å²) in [5, 5.41) is 10.3. The quantitative estimate of drug-likeness (QED) is 0.827. The molecule has 0 spiro atoms. The first-order chi connectivity index (χ1) is 9.92. The second kappa shape index (κ2) is 6.12. The van der Waals surface area contributed by atoms with Crippen molar-refractivity contribution in [2.24, 2.45) is 0 Å². The minimum atomic E-state index is -0.247. The summed E-state index contributed by atoms with van der Waals surface area (Å²) in [6, 6.07) is -0.00215. The van der Waals surface area contributed by atoms with Crippen LogP contribution in [0.4, 0.5) is 11.9 Å². The first-order valence-corrected chi connectivity index (χ1v) is 7.20. The fourth-order valence-electron chi connectivity index (χ4n) is 1.60. The lowest BCUT2D eigenvalue weighted by Gasteiger charge is -2.12. The van der Waals surface area contributed by atoms with Crippen molar-refractivity contribution in [2.75, 3.05) is 31.4 Å². The Hall–Kier alpha value is -2.10. The standard InChI is InChI=1S/C11H18N8OS/c1-6(2)19-10(20)16-17-11(19)21-9-14-7(12-3)13-8(15-9)18(4)5/h6H,1-5H3,(H,16,20)(H,12,13,14,15). The van der Waals surface area contributed by atoms with Crippen LogP contribution in [0.2, 0.25) is 0 Å². The Morgan fingerprint density at radius 2 is 2.00 bits per heavy atom. The minimum Gasteiger partial charge on any atom is -0.357 e. The van der Waals surface area contributed by atoms with E-state index in [2.05, 4.69) is 30.5 Å². The molecule has 0 radical (unpaired) electrons. The smallest absolute Gasteiger partial charge is 0.344 e. The largest absolute Gasteiger partial charge is 0.357 e. The van der Waals surface area contributed by atoms with Crippen LogP contribution in [-0.4, -0.2) is 50.9 Å². The maximum absolute atomic E-state index is 11.7. The third kappa shape index (κ3) is 3.32. The van der Waals surface area contributed by atoms with Crippen LogP contribution < -0.4 is 15.9 Å². The molecule has 0 aliphatic rings. The van der Waals surface area contributed by atoms with Crippen molar-refractivity contribution < 1.29 is 0 Å². The first-order valence-electron chi connectivity index (χ1n) is 6.38. The van der Waals surface area contributed by atoms with E-state index in [4.69, 9.17) is 0 Å². The molecule has 0 saturated carbocycles. The molecule has 2 aromatic heterocycles. The predicted octanol–water partition coefficient (Wildman–Crippen LogP) is 0.596. The third-order valence-electron chi connectivity index (χ3n) is 2.60. The van der Waals surface area contributed by atoms with Gasteiger partial charge in [0.15, 0.2) is 5.16 Å². The number of H-pyrrole nitrogens is 1. The molecule has 2 heterocycles. The van der Waals surface area contributed by atoms with Gasteiger partial charge in [-0.1, -0.05) is 0 Å². The monoisotopic (exact) mass is 310 g/mol. The summed E-state index contributed by atoms with van der Waals surface area (Å²) in [7, 11) is 5.44. The van der Waals surface area contributed by atoms with Crippen molar-refractivity contribution in [3.8, 4) is 0 Å². The molecule has 10 heteroatoms. The lowest BCUT2D eigenvalue weighted by Crippen LogP contribution is -2.19. The van der Waals surface area contributed by atoms with Crippen molar-refractivity contribution in [1.29, 1.82) is 0 Å². The Morgan fingerprint density at radius 3 is 2.57 bits per heavy atom. The van der Waals surface area contributed by atoms with Crippen LogP contribution in [0, 0.1) is 0 Å². The number of aromatic amines is 1. The van der Waals surface area contributed by atoms with Crippen molar-refractivity contribution in [1.82, 2.24) is 29.7 Å².